The molecule has 0 atom stereocenters. The molecule has 28 heavy (non-hydrogen) atoms. The van der Waals surface area contributed by atoms with Crippen LogP contribution in [0.5, 0.6) is 0 Å². The Balaban J connectivity index is 0.00000280. The van der Waals surface area contributed by atoms with E-state index in [4.69, 9.17) is 17.3 Å². The molecule has 0 bridgehead atoms. The summed E-state index contributed by atoms with van der Waals surface area (Å²) in [6, 6.07) is 10.9. The van der Waals surface area contributed by atoms with Gasteiger partial charge in [0.15, 0.2) is 9.84 Å². The van der Waals surface area contributed by atoms with E-state index in [2.05, 4.69) is 11.4 Å². The lowest BCUT2D eigenvalue weighted by Gasteiger charge is -2.40. The molecule has 1 amide bonds. The van der Waals surface area contributed by atoms with Crippen molar-refractivity contribution >= 4 is 51.1 Å². The number of amides is 1. The fourth-order valence-corrected chi connectivity index (χ4v) is 5.66. The number of rotatable bonds is 5. The molecule has 0 spiro atoms. The van der Waals surface area contributed by atoms with E-state index in [1.165, 1.54) is 6.07 Å². The van der Waals surface area contributed by atoms with Gasteiger partial charge in [0, 0.05) is 29.3 Å². The average Bonchev–Trinajstić information content (AvgIpc) is 3.13. The molecule has 0 saturated heterocycles. The van der Waals surface area contributed by atoms with Crippen molar-refractivity contribution < 1.29 is 13.2 Å². The van der Waals surface area contributed by atoms with Gasteiger partial charge in [0.1, 0.15) is 4.21 Å². The molecule has 1 aliphatic carbocycles. The third-order valence-corrected chi connectivity index (χ3v) is 8.42. The van der Waals surface area contributed by atoms with Crippen LogP contribution < -0.4 is 11.1 Å². The molecule has 1 aromatic carbocycles. The number of halogens is 2. The zero-order chi connectivity index (χ0) is 19.7. The lowest BCUT2D eigenvalue weighted by atomic mass is 9.68. The molecule has 0 unspecified atom stereocenters. The minimum atomic E-state index is -3.29. The first-order valence-corrected chi connectivity index (χ1v) is 11.9. The molecular formula is C19H24Cl2N2O3S2. The molecule has 2 aromatic rings. The van der Waals surface area contributed by atoms with E-state index in [1.807, 2.05) is 18.2 Å². The largest absolute Gasteiger partial charge is 0.349 e. The maximum absolute atomic E-state index is 12.5. The second-order valence-corrected chi connectivity index (χ2v) is 10.9. The van der Waals surface area contributed by atoms with Crippen LogP contribution in [0.4, 0.5) is 0 Å². The van der Waals surface area contributed by atoms with Crippen molar-refractivity contribution in [1.29, 1.82) is 0 Å². The molecule has 9 heteroatoms. The van der Waals surface area contributed by atoms with Crippen molar-refractivity contribution in [1.82, 2.24) is 5.32 Å². The minimum Gasteiger partial charge on any atom is -0.349 e. The first-order valence-electron chi connectivity index (χ1n) is 8.80. The normalized spacial score (nSPS) is 22.3. The molecule has 0 aliphatic heterocycles. The summed E-state index contributed by atoms with van der Waals surface area (Å²) < 4.78 is 23.4. The predicted molar refractivity (Wildman–Crippen MR) is 117 cm³/mol. The Morgan fingerprint density at radius 1 is 1.29 bits per heavy atom. The second kappa shape index (κ2) is 9.13. The summed E-state index contributed by atoms with van der Waals surface area (Å²) in [5.74, 6) is -0.220. The number of carbonyl (C=O) groups is 1. The number of nitrogens with one attached hydrogen (secondary N) is 1. The maximum atomic E-state index is 12.5. The van der Waals surface area contributed by atoms with Gasteiger partial charge < -0.3 is 11.1 Å². The Hall–Kier alpha value is -1.12. The Bertz CT molecular complexity index is 936. The summed E-state index contributed by atoms with van der Waals surface area (Å²) >= 11 is 7.15. The number of thiophene rings is 1. The highest BCUT2D eigenvalue weighted by Gasteiger charge is 2.36. The lowest BCUT2D eigenvalue weighted by molar-refractivity contribution is 0.0922. The van der Waals surface area contributed by atoms with Crippen molar-refractivity contribution in [2.75, 3.05) is 12.8 Å². The first-order chi connectivity index (χ1) is 12.7. The van der Waals surface area contributed by atoms with E-state index in [-0.39, 0.29) is 34.0 Å². The van der Waals surface area contributed by atoms with E-state index in [0.29, 0.717) is 16.4 Å². The number of carbonyl (C=O) groups excluding carboxylic acids is 1. The van der Waals surface area contributed by atoms with Crippen molar-refractivity contribution in [3.63, 3.8) is 0 Å². The van der Waals surface area contributed by atoms with Crippen LogP contribution in [0.15, 0.2) is 40.6 Å². The number of nitrogens with two attached hydrogens (primary N) is 1. The third kappa shape index (κ3) is 5.07. The zero-order valence-electron chi connectivity index (χ0n) is 15.5. The van der Waals surface area contributed by atoms with Crippen LogP contribution in [0.1, 0.15) is 40.9 Å². The quantitative estimate of drug-likeness (QED) is 0.706. The van der Waals surface area contributed by atoms with Gasteiger partial charge in [-0.1, -0.05) is 23.7 Å². The van der Waals surface area contributed by atoms with E-state index >= 15 is 0 Å². The standard InChI is InChI=1S/C19H23ClN2O3S2.ClH/c1-27(24,25)17-6-5-16(26-17)18(23)22-15-7-9-19(12-21,10-8-15)13-3-2-4-14(20)11-13;/h2-6,11,15H,7-10,12,21H2,1H3,(H,22,23);1H. The van der Waals surface area contributed by atoms with Crippen LogP contribution in [0.2, 0.25) is 5.02 Å². The topological polar surface area (TPSA) is 89.3 Å². The second-order valence-electron chi connectivity index (χ2n) is 7.13. The van der Waals surface area contributed by atoms with Gasteiger partial charge in [-0.3, -0.25) is 4.79 Å². The Kier molecular flexibility index (Phi) is 7.56. The summed E-state index contributed by atoms with van der Waals surface area (Å²) in [5.41, 5.74) is 7.15. The number of sulfone groups is 1. The van der Waals surface area contributed by atoms with Crippen LogP contribution >= 0.6 is 35.3 Å². The van der Waals surface area contributed by atoms with Crippen LogP contribution in [0, 0.1) is 0 Å². The first kappa shape index (κ1) is 23.2. The van der Waals surface area contributed by atoms with Gasteiger partial charge in [-0.05, 0) is 55.5 Å². The average molecular weight is 463 g/mol. The molecule has 154 valence electrons. The molecule has 1 saturated carbocycles. The Morgan fingerprint density at radius 2 is 1.96 bits per heavy atom. The summed E-state index contributed by atoms with van der Waals surface area (Å²) in [6.07, 6.45) is 4.52. The lowest BCUT2D eigenvalue weighted by Crippen LogP contribution is -2.45. The van der Waals surface area contributed by atoms with Gasteiger partial charge in [-0.15, -0.1) is 23.7 Å². The fourth-order valence-electron chi connectivity index (χ4n) is 3.64. The van der Waals surface area contributed by atoms with Crippen molar-refractivity contribution in [3.8, 4) is 0 Å². The monoisotopic (exact) mass is 462 g/mol. The van der Waals surface area contributed by atoms with E-state index in [1.54, 1.807) is 6.07 Å². The maximum Gasteiger partial charge on any atom is 0.261 e. The van der Waals surface area contributed by atoms with Crippen molar-refractivity contribution in [2.24, 2.45) is 5.73 Å². The zero-order valence-corrected chi connectivity index (χ0v) is 18.7. The van der Waals surface area contributed by atoms with E-state index in [0.717, 1.165) is 48.8 Å². The van der Waals surface area contributed by atoms with Crippen molar-refractivity contribution in [2.45, 2.75) is 41.3 Å². The number of benzene rings is 1. The molecular weight excluding hydrogens is 439 g/mol. The number of hydrogen-bond donors (Lipinski definition) is 2. The Labute approximate surface area is 181 Å². The number of hydrogen-bond acceptors (Lipinski definition) is 5. The van der Waals surface area contributed by atoms with Crippen molar-refractivity contribution in [3.05, 3.63) is 51.9 Å². The fraction of sp³-hybridized carbons (Fsp3) is 0.421. The van der Waals surface area contributed by atoms with Gasteiger partial charge in [-0.25, -0.2) is 8.42 Å². The molecule has 3 N–H and O–H groups in total. The van der Waals surface area contributed by atoms with E-state index < -0.39 is 9.84 Å². The predicted octanol–water partition coefficient (Wildman–Crippen LogP) is 3.80. The molecule has 1 aromatic heterocycles. The smallest absolute Gasteiger partial charge is 0.261 e. The highest BCUT2D eigenvalue weighted by Crippen LogP contribution is 2.39. The van der Waals surface area contributed by atoms with Gasteiger partial charge in [-0.2, -0.15) is 0 Å². The Morgan fingerprint density at radius 3 is 2.50 bits per heavy atom. The minimum absolute atomic E-state index is 0. The van der Waals surface area contributed by atoms with Crippen LogP contribution in [0.25, 0.3) is 0 Å². The summed E-state index contributed by atoms with van der Waals surface area (Å²) in [5, 5.41) is 3.74. The van der Waals surface area contributed by atoms with Crippen LogP contribution in [-0.2, 0) is 15.3 Å². The van der Waals surface area contributed by atoms with Gasteiger partial charge in [0.2, 0.25) is 0 Å². The molecule has 0 radical (unpaired) electrons. The van der Waals surface area contributed by atoms with Crippen LogP contribution in [0.3, 0.4) is 0 Å². The highest BCUT2D eigenvalue weighted by atomic mass is 35.5. The third-order valence-electron chi connectivity index (χ3n) is 5.28. The molecule has 1 fully saturated rings. The SMILES string of the molecule is CS(=O)(=O)c1ccc(C(=O)NC2CCC(CN)(c3cccc(Cl)c3)CC2)s1.Cl. The molecule has 5 nitrogen and oxygen atoms in total. The summed E-state index contributed by atoms with van der Waals surface area (Å²) in [7, 11) is -3.29. The van der Waals surface area contributed by atoms with Gasteiger partial charge in [0.05, 0.1) is 4.88 Å². The molecule has 3 rings (SSSR count). The summed E-state index contributed by atoms with van der Waals surface area (Å²) in [4.78, 5) is 12.9. The summed E-state index contributed by atoms with van der Waals surface area (Å²) in [6.45, 7) is 0.538. The van der Waals surface area contributed by atoms with Gasteiger partial charge >= 0.3 is 0 Å². The molecule has 1 heterocycles. The van der Waals surface area contributed by atoms with Crippen LogP contribution in [-0.4, -0.2) is 33.2 Å². The van der Waals surface area contributed by atoms with Gasteiger partial charge in [0.25, 0.3) is 5.91 Å². The van der Waals surface area contributed by atoms with E-state index in [9.17, 15) is 13.2 Å². The highest BCUT2D eigenvalue weighted by molar-refractivity contribution is 7.92. The molecule has 1 aliphatic rings.